The SMILES string of the molecule is O=C(/C=C/c1ccccc1Cl)NC1CCC(Oc2ncccn2)CC1. The first-order chi connectivity index (χ1) is 12.2. The van der Waals surface area contributed by atoms with Crippen molar-refractivity contribution < 1.29 is 9.53 Å². The summed E-state index contributed by atoms with van der Waals surface area (Å²) < 4.78 is 5.76. The van der Waals surface area contributed by atoms with Crippen LogP contribution in [-0.2, 0) is 4.79 Å². The predicted octanol–water partition coefficient (Wildman–Crippen LogP) is 3.65. The maximum atomic E-state index is 12.1. The summed E-state index contributed by atoms with van der Waals surface area (Å²) in [4.78, 5) is 20.2. The van der Waals surface area contributed by atoms with Crippen LogP contribution in [0.2, 0.25) is 5.02 Å². The van der Waals surface area contributed by atoms with Gasteiger partial charge in [-0.05, 0) is 49.5 Å². The van der Waals surface area contributed by atoms with Gasteiger partial charge in [0.15, 0.2) is 0 Å². The van der Waals surface area contributed by atoms with Gasteiger partial charge in [0, 0.05) is 29.5 Å². The average Bonchev–Trinajstić information content (AvgIpc) is 2.64. The number of nitrogens with zero attached hydrogens (tertiary/aromatic N) is 2. The highest BCUT2D eigenvalue weighted by atomic mass is 35.5. The van der Waals surface area contributed by atoms with Crippen molar-refractivity contribution in [3.05, 3.63) is 59.4 Å². The molecule has 1 aliphatic carbocycles. The lowest BCUT2D eigenvalue weighted by Crippen LogP contribution is -2.39. The van der Waals surface area contributed by atoms with Gasteiger partial charge in [0.2, 0.25) is 5.91 Å². The summed E-state index contributed by atoms with van der Waals surface area (Å²) in [5, 5.41) is 3.67. The Morgan fingerprint density at radius 3 is 2.56 bits per heavy atom. The number of rotatable bonds is 5. The Labute approximate surface area is 152 Å². The smallest absolute Gasteiger partial charge is 0.316 e. The van der Waals surface area contributed by atoms with E-state index in [0.29, 0.717) is 11.0 Å². The summed E-state index contributed by atoms with van der Waals surface area (Å²) in [6.07, 6.45) is 10.2. The van der Waals surface area contributed by atoms with Crippen molar-refractivity contribution in [2.75, 3.05) is 0 Å². The number of ether oxygens (including phenoxy) is 1. The van der Waals surface area contributed by atoms with Gasteiger partial charge >= 0.3 is 6.01 Å². The second-order valence-corrected chi connectivity index (χ2v) is 6.39. The highest BCUT2D eigenvalue weighted by molar-refractivity contribution is 6.32. The molecule has 1 heterocycles. The molecular weight excluding hydrogens is 338 g/mol. The maximum Gasteiger partial charge on any atom is 0.316 e. The monoisotopic (exact) mass is 357 g/mol. The predicted molar refractivity (Wildman–Crippen MR) is 97.3 cm³/mol. The van der Waals surface area contributed by atoms with E-state index in [9.17, 15) is 4.79 Å². The number of carbonyl (C=O) groups excluding carboxylic acids is 1. The summed E-state index contributed by atoms with van der Waals surface area (Å²) >= 11 is 6.08. The molecule has 5 nitrogen and oxygen atoms in total. The number of nitrogens with one attached hydrogen (secondary N) is 1. The number of aromatic nitrogens is 2. The third kappa shape index (κ3) is 5.29. The molecule has 0 bridgehead atoms. The molecule has 0 atom stereocenters. The molecule has 6 heteroatoms. The Kier molecular flexibility index (Phi) is 6.01. The Hall–Kier alpha value is -2.40. The number of amides is 1. The molecule has 1 aliphatic rings. The lowest BCUT2D eigenvalue weighted by atomic mass is 9.93. The second kappa shape index (κ2) is 8.62. The van der Waals surface area contributed by atoms with Crippen LogP contribution < -0.4 is 10.1 Å². The molecular formula is C19H20ClN3O2. The number of hydrogen-bond donors (Lipinski definition) is 1. The summed E-state index contributed by atoms with van der Waals surface area (Å²) in [6.45, 7) is 0. The van der Waals surface area contributed by atoms with Crippen molar-refractivity contribution in [3.8, 4) is 6.01 Å². The van der Waals surface area contributed by atoms with Crippen molar-refractivity contribution in [2.24, 2.45) is 0 Å². The van der Waals surface area contributed by atoms with Gasteiger partial charge in [-0.15, -0.1) is 0 Å². The first kappa shape index (κ1) is 17.4. The molecule has 0 radical (unpaired) electrons. The largest absolute Gasteiger partial charge is 0.460 e. The lowest BCUT2D eigenvalue weighted by Gasteiger charge is -2.28. The molecule has 3 rings (SSSR count). The molecule has 0 unspecified atom stereocenters. The topological polar surface area (TPSA) is 64.1 Å². The highest BCUT2D eigenvalue weighted by Crippen LogP contribution is 2.22. The Balaban J connectivity index is 1.44. The van der Waals surface area contributed by atoms with Gasteiger partial charge in [0.05, 0.1) is 0 Å². The number of halogens is 1. The van der Waals surface area contributed by atoms with Gasteiger partial charge in [0.25, 0.3) is 0 Å². The first-order valence-corrected chi connectivity index (χ1v) is 8.75. The van der Waals surface area contributed by atoms with Crippen molar-refractivity contribution >= 4 is 23.6 Å². The molecule has 0 spiro atoms. The van der Waals surface area contributed by atoms with Gasteiger partial charge in [-0.1, -0.05) is 29.8 Å². The van der Waals surface area contributed by atoms with E-state index in [1.165, 1.54) is 6.08 Å². The molecule has 0 saturated heterocycles. The Morgan fingerprint density at radius 2 is 1.84 bits per heavy atom. The van der Waals surface area contributed by atoms with Crippen LogP contribution in [0.3, 0.4) is 0 Å². The van der Waals surface area contributed by atoms with Crippen LogP contribution in [0, 0.1) is 0 Å². The van der Waals surface area contributed by atoms with E-state index < -0.39 is 0 Å². The maximum absolute atomic E-state index is 12.1. The quantitative estimate of drug-likeness (QED) is 0.829. The van der Waals surface area contributed by atoms with Crippen LogP contribution in [0.4, 0.5) is 0 Å². The zero-order valence-electron chi connectivity index (χ0n) is 13.8. The van der Waals surface area contributed by atoms with Crippen LogP contribution in [0.1, 0.15) is 31.2 Å². The molecule has 1 fully saturated rings. The zero-order valence-corrected chi connectivity index (χ0v) is 14.5. The van der Waals surface area contributed by atoms with Gasteiger partial charge in [0.1, 0.15) is 6.10 Å². The second-order valence-electron chi connectivity index (χ2n) is 5.99. The van der Waals surface area contributed by atoms with Crippen LogP contribution in [-0.4, -0.2) is 28.0 Å². The minimum absolute atomic E-state index is 0.101. The summed E-state index contributed by atoms with van der Waals surface area (Å²) in [7, 11) is 0. The van der Waals surface area contributed by atoms with Crippen LogP contribution in [0.25, 0.3) is 6.08 Å². The van der Waals surface area contributed by atoms with E-state index in [-0.39, 0.29) is 18.1 Å². The molecule has 25 heavy (non-hydrogen) atoms. The number of carbonyl (C=O) groups is 1. The van der Waals surface area contributed by atoms with E-state index in [1.807, 2.05) is 18.2 Å². The first-order valence-electron chi connectivity index (χ1n) is 8.37. The number of benzene rings is 1. The van der Waals surface area contributed by atoms with E-state index in [4.69, 9.17) is 16.3 Å². The van der Waals surface area contributed by atoms with E-state index in [1.54, 1.807) is 30.6 Å². The molecule has 2 aromatic rings. The molecule has 1 amide bonds. The lowest BCUT2D eigenvalue weighted by molar-refractivity contribution is -0.117. The van der Waals surface area contributed by atoms with E-state index in [2.05, 4.69) is 15.3 Å². The minimum atomic E-state index is -0.101. The number of hydrogen-bond acceptors (Lipinski definition) is 4. The summed E-state index contributed by atoms with van der Waals surface area (Å²) in [5.41, 5.74) is 0.833. The van der Waals surface area contributed by atoms with Gasteiger partial charge in [-0.2, -0.15) is 0 Å². The fraction of sp³-hybridized carbons (Fsp3) is 0.316. The van der Waals surface area contributed by atoms with Gasteiger partial charge < -0.3 is 10.1 Å². The molecule has 0 aliphatic heterocycles. The third-order valence-corrected chi connectivity index (χ3v) is 4.50. The highest BCUT2D eigenvalue weighted by Gasteiger charge is 2.23. The Bertz CT molecular complexity index is 728. The van der Waals surface area contributed by atoms with Crippen LogP contribution in [0.5, 0.6) is 6.01 Å². The average molecular weight is 358 g/mol. The van der Waals surface area contributed by atoms with Gasteiger partial charge in [-0.25, -0.2) is 9.97 Å². The fourth-order valence-corrected chi connectivity index (χ4v) is 3.04. The molecule has 1 N–H and O–H groups in total. The van der Waals surface area contributed by atoms with Crippen molar-refractivity contribution in [1.82, 2.24) is 15.3 Å². The van der Waals surface area contributed by atoms with Crippen LogP contribution >= 0.6 is 11.6 Å². The standard InChI is InChI=1S/C19H20ClN3O2/c20-17-5-2-1-4-14(17)6-11-18(24)23-15-7-9-16(10-8-15)25-19-21-12-3-13-22-19/h1-6,11-13,15-16H,7-10H2,(H,23,24)/b11-6+. The van der Waals surface area contributed by atoms with Crippen molar-refractivity contribution in [1.29, 1.82) is 0 Å². The summed E-state index contributed by atoms with van der Waals surface area (Å²) in [6, 6.07) is 9.77. The minimum Gasteiger partial charge on any atom is -0.460 e. The van der Waals surface area contributed by atoms with E-state index >= 15 is 0 Å². The van der Waals surface area contributed by atoms with Crippen molar-refractivity contribution in [3.63, 3.8) is 0 Å². The van der Waals surface area contributed by atoms with E-state index in [0.717, 1.165) is 31.2 Å². The molecule has 1 aromatic heterocycles. The molecule has 1 saturated carbocycles. The summed E-state index contributed by atoms with van der Waals surface area (Å²) in [5.74, 6) is -0.101. The molecule has 1 aromatic carbocycles. The fourth-order valence-electron chi connectivity index (χ4n) is 2.85. The Morgan fingerprint density at radius 1 is 1.12 bits per heavy atom. The van der Waals surface area contributed by atoms with Gasteiger partial charge in [-0.3, -0.25) is 4.79 Å². The zero-order chi connectivity index (χ0) is 17.5. The molecule has 130 valence electrons. The van der Waals surface area contributed by atoms with Crippen molar-refractivity contribution in [2.45, 2.75) is 37.8 Å². The van der Waals surface area contributed by atoms with Crippen LogP contribution in [0.15, 0.2) is 48.8 Å². The normalized spacial score (nSPS) is 20.4. The third-order valence-electron chi connectivity index (χ3n) is 4.15.